The molecule has 3 aromatic carbocycles. The molecule has 0 aliphatic carbocycles. The molecule has 0 saturated heterocycles. The minimum atomic E-state index is 0.371. The second-order valence-corrected chi connectivity index (χ2v) is 7.47. The largest absolute Gasteiger partial charge is 0.493 e. The van der Waals surface area contributed by atoms with Gasteiger partial charge in [0.05, 0.1) is 11.6 Å². The minimum Gasteiger partial charge on any atom is -0.493 e. The molecule has 0 atom stereocenters. The topological polar surface area (TPSA) is 30.5 Å². The van der Waals surface area contributed by atoms with E-state index in [1.165, 1.54) is 5.56 Å². The van der Waals surface area contributed by atoms with Crippen molar-refractivity contribution in [1.29, 1.82) is 0 Å². The van der Waals surface area contributed by atoms with Gasteiger partial charge in [-0.05, 0) is 64.3 Å². The van der Waals surface area contributed by atoms with Gasteiger partial charge in [0.15, 0.2) is 11.5 Å². The molecule has 0 saturated carbocycles. The monoisotopic (exact) mass is 445 g/mol. The third kappa shape index (κ3) is 5.18. The van der Waals surface area contributed by atoms with Crippen LogP contribution < -0.4 is 14.8 Å². The summed E-state index contributed by atoms with van der Waals surface area (Å²) in [6, 6.07) is 20.0. The molecule has 0 bridgehead atoms. The lowest BCUT2D eigenvalue weighted by atomic mass is 10.1. The van der Waals surface area contributed by atoms with Crippen molar-refractivity contribution in [2.75, 3.05) is 12.4 Å². The third-order valence-corrected chi connectivity index (χ3v) is 5.09. The van der Waals surface area contributed by atoms with Gasteiger partial charge in [-0.15, -0.1) is 0 Å². The first-order chi connectivity index (χ1) is 13.1. The SMILES string of the molecule is COc1cc(CNc2cccc(C)c2)cc(Br)c1OCc1ccccc1Cl. The van der Waals surface area contributed by atoms with Crippen molar-refractivity contribution in [2.45, 2.75) is 20.1 Å². The van der Waals surface area contributed by atoms with Crippen LogP contribution in [0.2, 0.25) is 5.02 Å². The number of benzene rings is 3. The Bertz CT molecular complexity index is 930. The molecule has 0 unspecified atom stereocenters. The zero-order chi connectivity index (χ0) is 19.2. The van der Waals surface area contributed by atoms with E-state index in [1.54, 1.807) is 7.11 Å². The molecular weight excluding hydrogens is 426 g/mol. The molecule has 1 N–H and O–H groups in total. The molecule has 27 heavy (non-hydrogen) atoms. The number of rotatable bonds is 7. The number of nitrogens with one attached hydrogen (secondary N) is 1. The second kappa shape index (κ2) is 9.16. The predicted octanol–water partition coefficient (Wildman–Crippen LogP) is 6.61. The van der Waals surface area contributed by atoms with E-state index in [1.807, 2.05) is 42.5 Å². The van der Waals surface area contributed by atoms with E-state index in [4.69, 9.17) is 21.1 Å². The summed E-state index contributed by atoms with van der Waals surface area (Å²) in [5.41, 5.74) is 4.33. The van der Waals surface area contributed by atoms with Gasteiger partial charge in [-0.1, -0.05) is 41.9 Å². The van der Waals surface area contributed by atoms with E-state index < -0.39 is 0 Å². The Morgan fingerprint density at radius 2 is 1.85 bits per heavy atom. The minimum absolute atomic E-state index is 0.371. The van der Waals surface area contributed by atoms with Crippen LogP contribution in [0.25, 0.3) is 0 Å². The fourth-order valence-corrected chi connectivity index (χ4v) is 3.53. The summed E-state index contributed by atoms with van der Waals surface area (Å²) >= 11 is 9.81. The Hall–Kier alpha value is -2.17. The van der Waals surface area contributed by atoms with E-state index in [9.17, 15) is 0 Å². The van der Waals surface area contributed by atoms with Gasteiger partial charge < -0.3 is 14.8 Å². The molecule has 0 fully saturated rings. The number of methoxy groups -OCH3 is 1. The summed E-state index contributed by atoms with van der Waals surface area (Å²) < 4.78 is 12.4. The predicted molar refractivity (Wildman–Crippen MR) is 115 cm³/mol. The molecule has 140 valence electrons. The molecule has 0 aliphatic heterocycles. The standard InChI is InChI=1S/C22H21BrClNO2/c1-15-6-5-8-18(10-15)25-13-16-11-19(23)22(21(12-16)26-2)27-14-17-7-3-4-9-20(17)24/h3-12,25H,13-14H2,1-2H3. The van der Waals surface area contributed by atoms with Crippen LogP contribution >= 0.6 is 27.5 Å². The summed E-state index contributed by atoms with van der Waals surface area (Å²) in [5, 5.41) is 4.12. The molecule has 0 amide bonds. The molecule has 0 aromatic heterocycles. The first-order valence-electron chi connectivity index (χ1n) is 8.60. The lowest BCUT2D eigenvalue weighted by Crippen LogP contribution is -2.03. The molecule has 0 heterocycles. The molecule has 0 radical (unpaired) electrons. The lowest BCUT2D eigenvalue weighted by Gasteiger charge is -2.15. The van der Waals surface area contributed by atoms with Crippen LogP contribution in [0.1, 0.15) is 16.7 Å². The van der Waals surface area contributed by atoms with Gasteiger partial charge in [-0.2, -0.15) is 0 Å². The maximum atomic E-state index is 6.21. The highest BCUT2D eigenvalue weighted by Crippen LogP contribution is 2.37. The van der Waals surface area contributed by atoms with Crippen LogP contribution in [-0.2, 0) is 13.2 Å². The summed E-state index contributed by atoms with van der Waals surface area (Å²) in [4.78, 5) is 0. The zero-order valence-electron chi connectivity index (χ0n) is 15.3. The molecule has 5 heteroatoms. The maximum Gasteiger partial charge on any atom is 0.175 e. The highest BCUT2D eigenvalue weighted by molar-refractivity contribution is 9.10. The van der Waals surface area contributed by atoms with Gasteiger partial charge in [0.25, 0.3) is 0 Å². The molecule has 0 aliphatic rings. The van der Waals surface area contributed by atoms with Crippen molar-refractivity contribution in [3.05, 3.63) is 86.8 Å². The fourth-order valence-electron chi connectivity index (χ4n) is 2.74. The third-order valence-electron chi connectivity index (χ3n) is 4.13. The number of halogens is 2. The summed E-state index contributed by atoms with van der Waals surface area (Å²) in [6.07, 6.45) is 0. The Morgan fingerprint density at radius 1 is 1.04 bits per heavy atom. The van der Waals surface area contributed by atoms with E-state index in [0.717, 1.165) is 21.3 Å². The highest BCUT2D eigenvalue weighted by atomic mass is 79.9. The Labute approximate surface area is 173 Å². The number of hydrogen-bond acceptors (Lipinski definition) is 3. The van der Waals surface area contributed by atoms with Crippen molar-refractivity contribution in [3.8, 4) is 11.5 Å². The maximum absolute atomic E-state index is 6.21. The summed E-state index contributed by atoms with van der Waals surface area (Å²) in [7, 11) is 1.64. The van der Waals surface area contributed by atoms with Crippen LogP contribution in [0, 0.1) is 6.92 Å². The number of anilines is 1. The Morgan fingerprint density at radius 3 is 2.59 bits per heavy atom. The highest BCUT2D eigenvalue weighted by Gasteiger charge is 2.13. The van der Waals surface area contributed by atoms with E-state index in [2.05, 4.69) is 46.4 Å². The van der Waals surface area contributed by atoms with Crippen molar-refractivity contribution in [3.63, 3.8) is 0 Å². The molecule has 3 aromatic rings. The van der Waals surface area contributed by atoms with Gasteiger partial charge in [0.2, 0.25) is 0 Å². The van der Waals surface area contributed by atoms with E-state index in [-0.39, 0.29) is 0 Å². The summed E-state index contributed by atoms with van der Waals surface area (Å²) in [5.74, 6) is 1.34. The van der Waals surface area contributed by atoms with E-state index in [0.29, 0.717) is 29.7 Å². The van der Waals surface area contributed by atoms with Crippen LogP contribution in [0.5, 0.6) is 11.5 Å². The number of ether oxygens (including phenoxy) is 2. The first kappa shape index (κ1) is 19.6. The van der Waals surface area contributed by atoms with Gasteiger partial charge in [-0.25, -0.2) is 0 Å². The van der Waals surface area contributed by atoms with Crippen LogP contribution in [0.15, 0.2) is 65.1 Å². The van der Waals surface area contributed by atoms with E-state index >= 15 is 0 Å². The smallest absolute Gasteiger partial charge is 0.175 e. The average molecular weight is 447 g/mol. The van der Waals surface area contributed by atoms with Crippen molar-refractivity contribution >= 4 is 33.2 Å². The molecular formula is C22H21BrClNO2. The van der Waals surface area contributed by atoms with Crippen LogP contribution in [0.4, 0.5) is 5.69 Å². The van der Waals surface area contributed by atoms with Gasteiger partial charge in [-0.3, -0.25) is 0 Å². The fraction of sp³-hybridized carbons (Fsp3) is 0.182. The lowest BCUT2D eigenvalue weighted by molar-refractivity contribution is 0.282. The quantitative estimate of drug-likeness (QED) is 0.443. The molecule has 0 spiro atoms. The normalized spacial score (nSPS) is 10.5. The zero-order valence-corrected chi connectivity index (χ0v) is 17.6. The van der Waals surface area contributed by atoms with Crippen LogP contribution in [0.3, 0.4) is 0 Å². The summed E-state index contributed by atoms with van der Waals surface area (Å²) in [6.45, 7) is 3.13. The Kier molecular flexibility index (Phi) is 6.64. The van der Waals surface area contributed by atoms with Crippen molar-refractivity contribution in [2.24, 2.45) is 0 Å². The number of aryl methyl sites for hydroxylation is 1. The van der Waals surface area contributed by atoms with Gasteiger partial charge in [0, 0.05) is 22.8 Å². The average Bonchev–Trinajstić information content (AvgIpc) is 2.66. The Balaban J connectivity index is 1.73. The van der Waals surface area contributed by atoms with Gasteiger partial charge >= 0.3 is 0 Å². The second-order valence-electron chi connectivity index (χ2n) is 6.21. The van der Waals surface area contributed by atoms with Crippen molar-refractivity contribution in [1.82, 2.24) is 0 Å². The van der Waals surface area contributed by atoms with Crippen molar-refractivity contribution < 1.29 is 9.47 Å². The van der Waals surface area contributed by atoms with Gasteiger partial charge in [0.1, 0.15) is 6.61 Å². The van der Waals surface area contributed by atoms with Crippen LogP contribution in [-0.4, -0.2) is 7.11 Å². The molecule has 3 nitrogen and oxygen atoms in total. The first-order valence-corrected chi connectivity index (χ1v) is 9.77. The number of hydrogen-bond donors (Lipinski definition) is 1. The molecule has 3 rings (SSSR count).